The van der Waals surface area contributed by atoms with Gasteiger partial charge in [-0.3, -0.25) is 4.18 Å². The lowest BCUT2D eigenvalue weighted by Gasteiger charge is -2.10. The van der Waals surface area contributed by atoms with E-state index in [1.807, 2.05) is 0 Å². The van der Waals surface area contributed by atoms with Gasteiger partial charge in [0.2, 0.25) is 0 Å². The van der Waals surface area contributed by atoms with Gasteiger partial charge in [-0.25, -0.2) is 13.3 Å². The molecule has 0 saturated carbocycles. The van der Waals surface area contributed by atoms with Crippen LogP contribution in [0.25, 0.3) is 16.9 Å². The lowest BCUT2D eigenvalue weighted by atomic mass is 10.1. The number of hydrogen-bond donors (Lipinski definition) is 0. The maximum Gasteiger partial charge on any atom is 0.435 e. The van der Waals surface area contributed by atoms with Crippen molar-refractivity contribution in [3.05, 3.63) is 71.7 Å². The number of aromatic nitrogens is 2. The van der Waals surface area contributed by atoms with E-state index in [1.54, 1.807) is 0 Å². The van der Waals surface area contributed by atoms with Crippen LogP contribution in [0.5, 0.6) is 0 Å². The van der Waals surface area contributed by atoms with Gasteiger partial charge in [0.05, 0.1) is 29.3 Å². The number of halogens is 4. The predicted octanol–water partition coefficient (Wildman–Crippen LogP) is 4.01. The van der Waals surface area contributed by atoms with Crippen LogP contribution in [0.15, 0.2) is 54.6 Å². The molecule has 0 spiro atoms. The molecule has 3 rings (SSSR count). The van der Waals surface area contributed by atoms with Crippen molar-refractivity contribution in [2.75, 3.05) is 0 Å². The number of hydrogen-bond acceptors (Lipinski definition) is 4. The zero-order valence-corrected chi connectivity index (χ0v) is 14.3. The fourth-order valence-corrected chi connectivity index (χ4v) is 2.62. The van der Waals surface area contributed by atoms with Gasteiger partial charge in [0.1, 0.15) is 5.82 Å². The Bertz CT molecular complexity index is 954. The summed E-state index contributed by atoms with van der Waals surface area (Å²) in [4.78, 5) is 0. The molecule has 5 nitrogen and oxygen atoms in total. The average Bonchev–Trinajstić information content (AvgIpc) is 3.07. The van der Waals surface area contributed by atoms with Crippen LogP contribution in [0.2, 0.25) is 0 Å². The first kappa shape index (κ1) is 19.2. The second-order valence-electron chi connectivity index (χ2n) is 5.46. The molecule has 27 heavy (non-hydrogen) atoms. The molecular weight excluding hydrogens is 388 g/mol. The van der Waals surface area contributed by atoms with Crippen molar-refractivity contribution in [2.45, 2.75) is 12.8 Å². The standard InChI is InChI=1S/C17H12F4N2O3S/c18-13-5-3-12(4-6-13)15-9-16(17(19,20)21)22-23(15)14-7-1-11(2-8-14)10-26-27(24)25/h1-9H,10H2,(H,24,25)/p-1. The first-order valence-corrected chi connectivity index (χ1v) is 8.49. The molecule has 10 heteroatoms. The van der Waals surface area contributed by atoms with Gasteiger partial charge < -0.3 is 4.55 Å². The second kappa shape index (κ2) is 7.59. The fourth-order valence-electron chi connectivity index (χ4n) is 2.39. The molecule has 0 amide bonds. The van der Waals surface area contributed by atoms with Crippen LogP contribution >= 0.6 is 0 Å². The molecule has 1 unspecified atom stereocenters. The van der Waals surface area contributed by atoms with Crippen LogP contribution in [-0.2, 0) is 28.3 Å². The summed E-state index contributed by atoms with van der Waals surface area (Å²) in [6.45, 7) is -0.200. The van der Waals surface area contributed by atoms with Crippen molar-refractivity contribution >= 4 is 11.4 Å². The third-order valence-corrected chi connectivity index (χ3v) is 3.95. The second-order valence-corrected chi connectivity index (χ2v) is 6.11. The third-order valence-electron chi connectivity index (χ3n) is 3.64. The van der Waals surface area contributed by atoms with Crippen LogP contribution in [0.1, 0.15) is 11.3 Å². The summed E-state index contributed by atoms with van der Waals surface area (Å²) in [5.41, 5.74) is 0.225. The minimum atomic E-state index is -4.65. The monoisotopic (exact) mass is 399 g/mol. The zero-order valence-electron chi connectivity index (χ0n) is 13.4. The molecular formula is C17H11F4N2O3S-. The van der Waals surface area contributed by atoms with E-state index in [0.29, 0.717) is 16.8 Å². The van der Waals surface area contributed by atoms with Crippen LogP contribution in [0.3, 0.4) is 0 Å². The molecule has 1 aromatic heterocycles. The Kier molecular flexibility index (Phi) is 5.40. The quantitative estimate of drug-likeness (QED) is 0.480. The number of benzene rings is 2. The third kappa shape index (κ3) is 4.59. The number of alkyl halides is 3. The highest BCUT2D eigenvalue weighted by atomic mass is 32.2. The normalized spacial score (nSPS) is 12.9. The molecule has 0 aliphatic heterocycles. The molecule has 142 valence electrons. The van der Waals surface area contributed by atoms with Gasteiger partial charge in [-0.05, 0) is 48.0 Å². The van der Waals surface area contributed by atoms with Crippen molar-refractivity contribution in [3.8, 4) is 16.9 Å². The molecule has 0 saturated heterocycles. The molecule has 0 bridgehead atoms. The van der Waals surface area contributed by atoms with Gasteiger partial charge in [-0.1, -0.05) is 12.1 Å². The highest BCUT2D eigenvalue weighted by molar-refractivity contribution is 7.74. The van der Waals surface area contributed by atoms with Crippen molar-refractivity contribution in [2.24, 2.45) is 0 Å². The van der Waals surface area contributed by atoms with E-state index < -0.39 is 29.0 Å². The molecule has 0 aliphatic rings. The van der Waals surface area contributed by atoms with Crippen molar-refractivity contribution in [1.29, 1.82) is 0 Å². The van der Waals surface area contributed by atoms with Crippen LogP contribution in [-0.4, -0.2) is 18.5 Å². The summed E-state index contributed by atoms with van der Waals surface area (Å²) in [6, 6.07) is 11.8. The highest BCUT2D eigenvalue weighted by Gasteiger charge is 2.35. The maximum absolute atomic E-state index is 13.1. The lowest BCUT2D eigenvalue weighted by Crippen LogP contribution is -2.07. The van der Waals surface area contributed by atoms with Gasteiger partial charge in [0.15, 0.2) is 5.69 Å². The van der Waals surface area contributed by atoms with Gasteiger partial charge in [0.25, 0.3) is 0 Å². The van der Waals surface area contributed by atoms with Crippen molar-refractivity contribution in [1.82, 2.24) is 9.78 Å². The molecule has 2 aromatic carbocycles. The highest BCUT2D eigenvalue weighted by Crippen LogP contribution is 2.33. The Hall–Kier alpha value is -2.56. The van der Waals surface area contributed by atoms with Gasteiger partial charge >= 0.3 is 6.18 Å². The van der Waals surface area contributed by atoms with Gasteiger partial charge in [0, 0.05) is 5.56 Å². The first-order chi connectivity index (χ1) is 12.7. The van der Waals surface area contributed by atoms with Crippen LogP contribution in [0.4, 0.5) is 17.6 Å². The molecule has 0 aliphatic carbocycles. The minimum absolute atomic E-state index is 0.131. The summed E-state index contributed by atoms with van der Waals surface area (Å²) in [5, 5.41) is 3.62. The molecule has 1 atom stereocenters. The molecule has 3 aromatic rings. The van der Waals surface area contributed by atoms with E-state index in [9.17, 15) is 26.3 Å². The first-order valence-electron chi connectivity index (χ1n) is 7.49. The Morgan fingerprint density at radius 2 is 1.70 bits per heavy atom. The summed E-state index contributed by atoms with van der Waals surface area (Å²) < 4.78 is 78.8. The largest absolute Gasteiger partial charge is 0.750 e. The minimum Gasteiger partial charge on any atom is -0.750 e. The van der Waals surface area contributed by atoms with Crippen LogP contribution in [0, 0.1) is 5.82 Å². The van der Waals surface area contributed by atoms with E-state index in [-0.39, 0.29) is 12.3 Å². The van der Waals surface area contributed by atoms with Crippen molar-refractivity contribution in [3.63, 3.8) is 0 Å². The topological polar surface area (TPSA) is 67.2 Å². The fraction of sp³-hybridized carbons (Fsp3) is 0.118. The SMILES string of the molecule is O=S([O-])OCc1ccc(-n2nc(C(F)(F)F)cc2-c2ccc(F)cc2)cc1. The summed E-state index contributed by atoms with van der Waals surface area (Å²) in [6.07, 6.45) is -4.65. The Morgan fingerprint density at radius 3 is 2.26 bits per heavy atom. The van der Waals surface area contributed by atoms with E-state index in [1.165, 1.54) is 36.4 Å². The Labute approximate surface area is 153 Å². The lowest BCUT2D eigenvalue weighted by molar-refractivity contribution is -0.141. The molecule has 0 fully saturated rings. The number of rotatable bonds is 5. The summed E-state index contributed by atoms with van der Waals surface area (Å²) in [7, 11) is 0. The van der Waals surface area contributed by atoms with E-state index in [0.717, 1.165) is 22.9 Å². The summed E-state index contributed by atoms with van der Waals surface area (Å²) >= 11 is -2.67. The zero-order chi connectivity index (χ0) is 19.6. The van der Waals surface area contributed by atoms with E-state index >= 15 is 0 Å². The van der Waals surface area contributed by atoms with E-state index in [4.69, 9.17) is 0 Å². The maximum atomic E-state index is 13.1. The molecule has 0 N–H and O–H groups in total. The number of nitrogens with zero attached hydrogens (tertiary/aromatic N) is 2. The van der Waals surface area contributed by atoms with Crippen LogP contribution < -0.4 is 0 Å². The Balaban J connectivity index is 2.01. The van der Waals surface area contributed by atoms with Gasteiger partial charge in [-0.2, -0.15) is 18.3 Å². The molecule has 1 heterocycles. The average molecular weight is 399 g/mol. The predicted molar refractivity (Wildman–Crippen MR) is 87.7 cm³/mol. The smallest absolute Gasteiger partial charge is 0.435 e. The van der Waals surface area contributed by atoms with E-state index in [2.05, 4.69) is 9.28 Å². The molecule has 0 radical (unpaired) electrons. The Morgan fingerprint density at radius 1 is 1.07 bits per heavy atom. The summed E-state index contributed by atoms with van der Waals surface area (Å²) in [5.74, 6) is -0.513. The van der Waals surface area contributed by atoms with Gasteiger partial charge in [-0.15, -0.1) is 0 Å². The van der Waals surface area contributed by atoms with Crippen molar-refractivity contribution < 1.29 is 30.5 Å².